The Morgan fingerprint density at radius 3 is 2.36 bits per heavy atom. The zero-order chi connectivity index (χ0) is 19.7. The first kappa shape index (κ1) is 18.0. The number of morpholine rings is 1. The summed E-state index contributed by atoms with van der Waals surface area (Å²) in [5, 5.41) is 0. The van der Waals surface area contributed by atoms with Crippen molar-refractivity contribution in [2.24, 2.45) is 0 Å². The van der Waals surface area contributed by atoms with Gasteiger partial charge in [-0.25, -0.2) is 9.69 Å². The van der Waals surface area contributed by atoms with Crippen LogP contribution >= 0.6 is 0 Å². The van der Waals surface area contributed by atoms with Crippen LogP contribution in [-0.2, 0) is 14.3 Å². The normalized spacial score (nSPS) is 19.7. The molecule has 8 heteroatoms. The average molecular weight is 381 g/mol. The van der Waals surface area contributed by atoms with Crippen LogP contribution in [0.1, 0.15) is 5.76 Å². The molecule has 0 spiro atoms. The molecule has 0 bridgehead atoms. The number of benzene rings is 1. The summed E-state index contributed by atoms with van der Waals surface area (Å²) in [5.74, 6) is -0.320. The van der Waals surface area contributed by atoms with Gasteiger partial charge in [0.15, 0.2) is 5.88 Å². The first-order chi connectivity index (χ1) is 13.6. The van der Waals surface area contributed by atoms with Crippen molar-refractivity contribution in [1.82, 2.24) is 4.90 Å². The third-order valence-electron chi connectivity index (χ3n) is 4.68. The van der Waals surface area contributed by atoms with Crippen LogP contribution in [0.2, 0.25) is 0 Å². The lowest BCUT2D eigenvalue weighted by atomic mass is 10.1. The summed E-state index contributed by atoms with van der Waals surface area (Å²) in [5.41, 5.74) is 0.269. The van der Waals surface area contributed by atoms with E-state index in [0.29, 0.717) is 43.6 Å². The predicted octanol–water partition coefficient (Wildman–Crippen LogP) is 2.12. The minimum atomic E-state index is -0.688. The number of rotatable bonds is 3. The molecule has 2 saturated heterocycles. The summed E-state index contributed by atoms with van der Waals surface area (Å²) < 4.78 is 11.1. The molecular formula is C20H19N3O5. The second-order valence-corrected chi connectivity index (χ2v) is 6.46. The predicted molar refractivity (Wildman–Crippen MR) is 102 cm³/mol. The van der Waals surface area contributed by atoms with Gasteiger partial charge in [0.2, 0.25) is 0 Å². The van der Waals surface area contributed by atoms with E-state index in [-0.39, 0.29) is 5.57 Å². The maximum atomic E-state index is 12.9. The van der Waals surface area contributed by atoms with Crippen molar-refractivity contribution < 1.29 is 23.5 Å². The molecule has 1 aromatic carbocycles. The summed E-state index contributed by atoms with van der Waals surface area (Å²) in [7, 11) is 1.35. The molecule has 0 aliphatic carbocycles. The first-order valence-corrected chi connectivity index (χ1v) is 8.92. The maximum absolute atomic E-state index is 12.9. The van der Waals surface area contributed by atoms with E-state index >= 15 is 0 Å². The molecular weight excluding hydrogens is 362 g/mol. The zero-order valence-corrected chi connectivity index (χ0v) is 15.3. The molecule has 0 unspecified atom stereocenters. The summed E-state index contributed by atoms with van der Waals surface area (Å²) in [6.07, 6.45) is 1.38. The van der Waals surface area contributed by atoms with Crippen molar-refractivity contribution in [3.8, 4) is 0 Å². The monoisotopic (exact) mass is 381 g/mol. The van der Waals surface area contributed by atoms with Gasteiger partial charge in [0.25, 0.3) is 11.8 Å². The number of furan rings is 1. The molecule has 0 atom stereocenters. The van der Waals surface area contributed by atoms with Gasteiger partial charge in [0.1, 0.15) is 11.3 Å². The molecule has 2 aromatic rings. The van der Waals surface area contributed by atoms with Gasteiger partial charge in [-0.2, -0.15) is 0 Å². The molecule has 2 fully saturated rings. The Labute approximate surface area is 161 Å². The number of hydrogen-bond donors (Lipinski definition) is 0. The van der Waals surface area contributed by atoms with Crippen molar-refractivity contribution in [3.63, 3.8) is 0 Å². The SMILES string of the molecule is CN1C(=O)/C(=C\c2ccc(N3CCOCC3)o2)C(=O)N(c2ccccc2)C1=O. The number of nitrogens with zero attached hydrogens (tertiary/aromatic N) is 3. The van der Waals surface area contributed by atoms with Crippen LogP contribution in [-0.4, -0.2) is 56.1 Å². The lowest BCUT2D eigenvalue weighted by Crippen LogP contribution is -2.55. The van der Waals surface area contributed by atoms with Gasteiger partial charge in [-0.05, 0) is 24.3 Å². The number of para-hydroxylation sites is 1. The van der Waals surface area contributed by atoms with Gasteiger partial charge in [0, 0.05) is 26.2 Å². The molecule has 4 rings (SSSR count). The van der Waals surface area contributed by atoms with Gasteiger partial charge in [-0.15, -0.1) is 0 Å². The van der Waals surface area contributed by atoms with Gasteiger partial charge in [-0.1, -0.05) is 18.2 Å². The molecule has 2 aliphatic rings. The fraction of sp³-hybridized carbons (Fsp3) is 0.250. The van der Waals surface area contributed by atoms with Gasteiger partial charge in [0.05, 0.1) is 18.9 Å². The fourth-order valence-corrected chi connectivity index (χ4v) is 3.16. The van der Waals surface area contributed by atoms with Gasteiger partial charge >= 0.3 is 6.03 Å². The van der Waals surface area contributed by atoms with Crippen molar-refractivity contribution in [2.45, 2.75) is 0 Å². The average Bonchev–Trinajstić information content (AvgIpc) is 3.20. The number of amides is 4. The largest absolute Gasteiger partial charge is 0.441 e. The number of carbonyl (C=O) groups is 3. The minimum Gasteiger partial charge on any atom is -0.441 e. The van der Waals surface area contributed by atoms with E-state index in [1.807, 2.05) is 4.90 Å². The topological polar surface area (TPSA) is 83.3 Å². The van der Waals surface area contributed by atoms with E-state index in [1.165, 1.54) is 13.1 Å². The molecule has 144 valence electrons. The Bertz CT molecular complexity index is 944. The van der Waals surface area contributed by atoms with Crippen molar-refractivity contribution in [1.29, 1.82) is 0 Å². The smallest absolute Gasteiger partial charge is 0.338 e. The highest BCUT2D eigenvalue weighted by Gasteiger charge is 2.41. The fourth-order valence-electron chi connectivity index (χ4n) is 3.16. The molecule has 1 aromatic heterocycles. The molecule has 0 N–H and O–H groups in total. The van der Waals surface area contributed by atoms with Crippen molar-refractivity contribution in [2.75, 3.05) is 43.2 Å². The highest BCUT2D eigenvalue weighted by atomic mass is 16.5. The van der Waals surface area contributed by atoms with Gasteiger partial charge < -0.3 is 14.1 Å². The third kappa shape index (κ3) is 3.18. The van der Waals surface area contributed by atoms with Gasteiger partial charge in [-0.3, -0.25) is 14.5 Å². The Morgan fingerprint density at radius 2 is 1.64 bits per heavy atom. The molecule has 0 radical (unpaired) electrons. The number of hydrogen-bond acceptors (Lipinski definition) is 6. The Morgan fingerprint density at radius 1 is 0.929 bits per heavy atom. The second-order valence-electron chi connectivity index (χ2n) is 6.46. The summed E-state index contributed by atoms with van der Waals surface area (Å²) in [4.78, 5) is 41.9. The number of imide groups is 2. The minimum absolute atomic E-state index is 0.131. The highest BCUT2D eigenvalue weighted by Crippen LogP contribution is 2.27. The zero-order valence-electron chi connectivity index (χ0n) is 15.3. The van der Waals surface area contributed by atoms with Crippen LogP contribution in [0.3, 0.4) is 0 Å². The molecule has 3 heterocycles. The van der Waals surface area contributed by atoms with E-state index in [0.717, 1.165) is 9.80 Å². The van der Waals surface area contributed by atoms with E-state index in [2.05, 4.69) is 0 Å². The molecule has 4 amide bonds. The Balaban J connectivity index is 1.66. The number of carbonyl (C=O) groups excluding carboxylic acids is 3. The number of likely N-dealkylation sites (N-methyl/N-ethyl adjacent to an activating group) is 1. The maximum Gasteiger partial charge on any atom is 0.338 e. The summed E-state index contributed by atoms with van der Waals surface area (Å²) in [6, 6.07) is 11.3. The number of urea groups is 1. The van der Waals surface area contributed by atoms with Crippen molar-refractivity contribution in [3.05, 3.63) is 53.8 Å². The summed E-state index contributed by atoms with van der Waals surface area (Å²) >= 11 is 0. The van der Waals surface area contributed by atoms with Crippen LogP contribution in [0.25, 0.3) is 6.08 Å². The lowest BCUT2D eigenvalue weighted by molar-refractivity contribution is -0.128. The van der Waals surface area contributed by atoms with Crippen LogP contribution < -0.4 is 9.80 Å². The van der Waals surface area contributed by atoms with Crippen LogP contribution in [0.4, 0.5) is 16.4 Å². The van der Waals surface area contributed by atoms with Crippen LogP contribution in [0.5, 0.6) is 0 Å². The third-order valence-corrected chi connectivity index (χ3v) is 4.68. The van der Waals surface area contributed by atoms with Crippen LogP contribution in [0, 0.1) is 0 Å². The highest BCUT2D eigenvalue weighted by molar-refractivity contribution is 6.38. The quantitative estimate of drug-likeness (QED) is 0.598. The summed E-state index contributed by atoms with van der Waals surface area (Å²) in [6.45, 7) is 2.65. The Hall–Kier alpha value is -3.39. The number of anilines is 2. The number of ether oxygens (including phenoxy) is 1. The second kappa shape index (κ2) is 7.32. The lowest BCUT2D eigenvalue weighted by Gasteiger charge is -2.31. The Kier molecular flexibility index (Phi) is 4.70. The molecule has 2 aliphatic heterocycles. The number of barbiturate groups is 1. The standard InChI is InChI=1S/C20H19N3O5/c1-21-18(24)16(19(25)23(20(21)26)14-5-3-2-4-6-14)13-15-7-8-17(28-15)22-9-11-27-12-10-22/h2-8,13H,9-12H2,1H3/b16-13+. The van der Waals surface area contributed by atoms with E-state index in [4.69, 9.17) is 9.15 Å². The van der Waals surface area contributed by atoms with E-state index in [1.54, 1.807) is 42.5 Å². The first-order valence-electron chi connectivity index (χ1n) is 8.92. The van der Waals surface area contributed by atoms with Crippen molar-refractivity contribution >= 4 is 35.5 Å². The van der Waals surface area contributed by atoms with Crippen LogP contribution in [0.15, 0.2) is 52.5 Å². The van der Waals surface area contributed by atoms with E-state index in [9.17, 15) is 14.4 Å². The molecule has 8 nitrogen and oxygen atoms in total. The molecule has 28 heavy (non-hydrogen) atoms. The van der Waals surface area contributed by atoms with E-state index < -0.39 is 17.8 Å². The molecule has 0 saturated carbocycles.